The number of esters is 1. The van der Waals surface area contributed by atoms with Crippen LogP contribution in [-0.4, -0.2) is 13.1 Å². The Morgan fingerprint density at radius 3 is 2.60 bits per heavy atom. The summed E-state index contributed by atoms with van der Waals surface area (Å²) in [6.45, 7) is 0.500. The van der Waals surface area contributed by atoms with Crippen molar-refractivity contribution in [2.45, 2.75) is 6.61 Å². The molecule has 0 N–H and O–H groups in total. The monoisotopic (exact) mass is 267 g/mol. The van der Waals surface area contributed by atoms with Crippen LogP contribution in [0.3, 0.4) is 0 Å². The van der Waals surface area contributed by atoms with Gasteiger partial charge in [-0.05, 0) is 35.9 Å². The second-order valence-electron chi connectivity index (χ2n) is 4.16. The zero-order chi connectivity index (χ0) is 14.4. The SMILES string of the molecule is COCc1ccc(C(=O)Oc2cccc(C#N)c2)cc1. The van der Waals surface area contributed by atoms with Gasteiger partial charge in [-0.2, -0.15) is 5.26 Å². The van der Waals surface area contributed by atoms with E-state index in [4.69, 9.17) is 14.7 Å². The molecule has 4 nitrogen and oxygen atoms in total. The Kier molecular flexibility index (Phi) is 4.48. The van der Waals surface area contributed by atoms with Gasteiger partial charge in [-0.25, -0.2) is 4.79 Å². The molecule has 0 aliphatic heterocycles. The highest BCUT2D eigenvalue weighted by atomic mass is 16.5. The Morgan fingerprint density at radius 2 is 1.95 bits per heavy atom. The molecule has 0 saturated heterocycles. The molecule has 0 amide bonds. The van der Waals surface area contributed by atoms with Gasteiger partial charge in [-0.15, -0.1) is 0 Å². The average Bonchev–Trinajstić information content (AvgIpc) is 2.48. The maximum atomic E-state index is 11.9. The Morgan fingerprint density at radius 1 is 1.20 bits per heavy atom. The summed E-state index contributed by atoms with van der Waals surface area (Å²) in [6, 6.07) is 15.5. The summed E-state index contributed by atoms with van der Waals surface area (Å²) >= 11 is 0. The Balaban J connectivity index is 2.09. The second-order valence-corrected chi connectivity index (χ2v) is 4.16. The van der Waals surface area contributed by atoms with Gasteiger partial charge in [0.2, 0.25) is 0 Å². The summed E-state index contributed by atoms with van der Waals surface area (Å²) in [7, 11) is 1.62. The minimum Gasteiger partial charge on any atom is -0.423 e. The molecule has 0 aliphatic rings. The highest BCUT2D eigenvalue weighted by Crippen LogP contribution is 2.15. The van der Waals surface area contributed by atoms with Crippen molar-refractivity contribution in [1.29, 1.82) is 5.26 Å². The fourth-order valence-electron chi connectivity index (χ4n) is 1.70. The number of rotatable bonds is 4. The third-order valence-corrected chi connectivity index (χ3v) is 2.67. The van der Waals surface area contributed by atoms with Crippen LogP contribution in [0.25, 0.3) is 0 Å². The molecule has 2 aromatic rings. The minimum absolute atomic E-state index is 0.356. The average molecular weight is 267 g/mol. The molecule has 0 bridgehead atoms. The largest absolute Gasteiger partial charge is 0.423 e. The smallest absolute Gasteiger partial charge is 0.343 e. The molecule has 0 heterocycles. The number of ether oxygens (including phenoxy) is 2. The van der Waals surface area contributed by atoms with Gasteiger partial charge in [0, 0.05) is 7.11 Å². The van der Waals surface area contributed by atoms with Crippen LogP contribution in [0.1, 0.15) is 21.5 Å². The number of hydrogen-bond donors (Lipinski definition) is 0. The van der Waals surface area contributed by atoms with E-state index < -0.39 is 5.97 Å². The molecular formula is C16H13NO3. The first-order valence-electron chi connectivity index (χ1n) is 6.03. The van der Waals surface area contributed by atoms with Crippen molar-refractivity contribution in [1.82, 2.24) is 0 Å². The van der Waals surface area contributed by atoms with E-state index in [0.29, 0.717) is 23.5 Å². The van der Waals surface area contributed by atoms with Gasteiger partial charge >= 0.3 is 5.97 Å². The molecule has 0 atom stereocenters. The van der Waals surface area contributed by atoms with Gasteiger partial charge in [0.25, 0.3) is 0 Å². The number of carbonyl (C=O) groups excluding carboxylic acids is 1. The van der Waals surface area contributed by atoms with E-state index >= 15 is 0 Å². The second kappa shape index (κ2) is 6.50. The van der Waals surface area contributed by atoms with Crippen molar-refractivity contribution in [3.63, 3.8) is 0 Å². The number of nitriles is 1. The highest BCUT2D eigenvalue weighted by molar-refractivity contribution is 5.91. The lowest BCUT2D eigenvalue weighted by Crippen LogP contribution is -2.08. The van der Waals surface area contributed by atoms with Crippen molar-refractivity contribution in [3.8, 4) is 11.8 Å². The molecule has 0 aromatic heterocycles. The number of benzene rings is 2. The van der Waals surface area contributed by atoms with Gasteiger partial charge in [0.1, 0.15) is 5.75 Å². The first-order chi connectivity index (χ1) is 9.72. The zero-order valence-corrected chi connectivity index (χ0v) is 11.0. The molecule has 0 aliphatic carbocycles. The van der Waals surface area contributed by atoms with E-state index in [1.807, 2.05) is 18.2 Å². The maximum Gasteiger partial charge on any atom is 0.343 e. The van der Waals surface area contributed by atoms with Crippen LogP contribution < -0.4 is 4.74 Å². The summed E-state index contributed by atoms with van der Waals surface area (Å²) in [5.41, 5.74) is 1.88. The van der Waals surface area contributed by atoms with E-state index in [9.17, 15) is 4.79 Å². The minimum atomic E-state index is -0.455. The van der Waals surface area contributed by atoms with Crippen LogP contribution in [0, 0.1) is 11.3 Å². The van der Waals surface area contributed by atoms with Gasteiger partial charge in [-0.1, -0.05) is 18.2 Å². The van der Waals surface area contributed by atoms with Crippen LogP contribution in [0.5, 0.6) is 5.75 Å². The fourth-order valence-corrected chi connectivity index (χ4v) is 1.70. The molecule has 20 heavy (non-hydrogen) atoms. The summed E-state index contributed by atoms with van der Waals surface area (Å²) in [5.74, 6) is -0.0981. The van der Waals surface area contributed by atoms with Crippen molar-refractivity contribution < 1.29 is 14.3 Å². The van der Waals surface area contributed by atoms with E-state index in [1.165, 1.54) is 6.07 Å². The van der Waals surface area contributed by atoms with E-state index in [1.54, 1.807) is 37.4 Å². The molecule has 0 radical (unpaired) electrons. The lowest BCUT2D eigenvalue weighted by atomic mass is 10.1. The first-order valence-corrected chi connectivity index (χ1v) is 6.03. The molecule has 0 unspecified atom stereocenters. The van der Waals surface area contributed by atoms with Crippen LogP contribution in [0.4, 0.5) is 0 Å². The predicted octanol–water partition coefficient (Wildman–Crippen LogP) is 2.92. The summed E-state index contributed by atoms with van der Waals surface area (Å²) in [6.07, 6.45) is 0. The number of methoxy groups -OCH3 is 1. The molecule has 2 rings (SSSR count). The number of carbonyl (C=O) groups is 1. The van der Waals surface area contributed by atoms with Crippen molar-refractivity contribution in [2.24, 2.45) is 0 Å². The zero-order valence-electron chi connectivity index (χ0n) is 11.0. The van der Waals surface area contributed by atoms with Crippen LogP contribution in [0.15, 0.2) is 48.5 Å². The van der Waals surface area contributed by atoms with Crippen molar-refractivity contribution >= 4 is 5.97 Å². The summed E-state index contributed by atoms with van der Waals surface area (Å²) in [5, 5.41) is 8.79. The van der Waals surface area contributed by atoms with E-state index in [-0.39, 0.29) is 0 Å². The van der Waals surface area contributed by atoms with Gasteiger partial charge in [0.15, 0.2) is 0 Å². The summed E-state index contributed by atoms with van der Waals surface area (Å²) < 4.78 is 10.2. The third kappa shape index (κ3) is 3.44. The summed E-state index contributed by atoms with van der Waals surface area (Å²) in [4.78, 5) is 11.9. The molecule has 0 spiro atoms. The maximum absolute atomic E-state index is 11.9. The lowest BCUT2D eigenvalue weighted by Gasteiger charge is -2.05. The molecule has 0 fully saturated rings. The van der Waals surface area contributed by atoms with Crippen LogP contribution in [0.2, 0.25) is 0 Å². The first kappa shape index (κ1) is 13.8. The van der Waals surface area contributed by atoms with Crippen LogP contribution in [-0.2, 0) is 11.3 Å². The third-order valence-electron chi connectivity index (χ3n) is 2.67. The number of nitrogens with zero attached hydrogens (tertiary/aromatic N) is 1. The topological polar surface area (TPSA) is 59.3 Å². The molecular weight excluding hydrogens is 254 g/mol. The van der Waals surface area contributed by atoms with Crippen molar-refractivity contribution in [2.75, 3.05) is 7.11 Å². The fraction of sp³-hybridized carbons (Fsp3) is 0.125. The van der Waals surface area contributed by atoms with Gasteiger partial charge in [-0.3, -0.25) is 0 Å². The highest BCUT2D eigenvalue weighted by Gasteiger charge is 2.08. The molecule has 0 saturated carbocycles. The van der Waals surface area contributed by atoms with Crippen LogP contribution >= 0.6 is 0 Å². The Bertz CT molecular complexity index is 642. The van der Waals surface area contributed by atoms with E-state index in [2.05, 4.69) is 0 Å². The normalized spacial score (nSPS) is 9.80. The lowest BCUT2D eigenvalue weighted by molar-refractivity contribution is 0.0734. The van der Waals surface area contributed by atoms with Gasteiger partial charge in [0.05, 0.1) is 23.8 Å². The molecule has 2 aromatic carbocycles. The standard InChI is InChI=1S/C16H13NO3/c1-19-11-12-5-7-14(8-6-12)16(18)20-15-4-2-3-13(9-15)10-17/h2-9H,11H2,1H3. The number of hydrogen-bond acceptors (Lipinski definition) is 4. The predicted molar refractivity (Wildman–Crippen MR) is 73.3 cm³/mol. The van der Waals surface area contributed by atoms with Crippen molar-refractivity contribution in [3.05, 3.63) is 65.2 Å². The quantitative estimate of drug-likeness (QED) is 0.631. The Hall–Kier alpha value is -2.64. The Labute approximate surface area is 117 Å². The molecule has 4 heteroatoms. The molecule has 100 valence electrons. The van der Waals surface area contributed by atoms with Gasteiger partial charge < -0.3 is 9.47 Å². The van der Waals surface area contributed by atoms with E-state index in [0.717, 1.165) is 5.56 Å².